The first kappa shape index (κ1) is 20.3. The summed E-state index contributed by atoms with van der Waals surface area (Å²) in [4.78, 5) is 24.9. The molecule has 2 aromatic rings. The smallest absolute Gasteiger partial charge is 0.410 e. The number of morpholine rings is 1. The maximum Gasteiger partial charge on any atom is 0.410 e. The van der Waals surface area contributed by atoms with Crippen LogP contribution in [0.3, 0.4) is 0 Å². The van der Waals surface area contributed by atoms with Crippen molar-refractivity contribution in [2.75, 3.05) is 37.0 Å². The summed E-state index contributed by atoms with van der Waals surface area (Å²) in [6, 6.07) is 1.94. The Kier molecular flexibility index (Phi) is 5.42. The predicted octanol–water partition coefficient (Wildman–Crippen LogP) is 2.70. The first-order chi connectivity index (χ1) is 14.4. The molecule has 0 saturated carbocycles. The van der Waals surface area contributed by atoms with Crippen LogP contribution in [-0.4, -0.2) is 53.4 Å². The first-order valence-corrected chi connectivity index (χ1v) is 9.79. The Bertz CT molecular complexity index is 987. The number of hydrogen-bond acceptors (Lipinski definition) is 7. The molecule has 2 N–H and O–H groups in total. The van der Waals surface area contributed by atoms with Crippen molar-refractivity contribution in [3.05, 3.63) is 35.0 Å². The Morgan fingerprint density at radius 3 is 2.83 bits per heavy atom. The van der Waals surface area contributed by atoms with Gasteiger partial charge in [-0.15, -0.1) is 0 Å². The van der Waals surface area contributed by atoms with E-state index in [0.717, 1.165) is 17.7 Å². The monoisotopic (exact) mass is 419 g/mol. The normalized spacial score (nSPS) is 18.5. The molecule has 1 aromatic carbocycles. The number of halogens is 2. The summed E-state index contributed by atoms with van der Waals surface area (Å²) >= 11 is 0. The molecule has 1 fully saturated rings. The molecule has 4 rings (SSSR count). The van der Waals surface area contributed by atoms with Crippen LogP contribution in [0.2, 0.25) is 0 Å². The number of amides is 1. The van der Waals surface area contributed by atoms with Gasteiger partial charge in [-0.1, -0.05) is 0 Å². The molecule has 1 aromatic heterocycles. The number of carbonyl (C=O) groups is 1. The fourth-order valence-corrected chi connectivity index (χ4v) is 3.71. The molecule has 2 aliphatic rings. The highest BCUT2D eigenvalue weighted by Crippen LogP contribution is 2.34. The van der Waals surface area contributed by atoms with Crippen LogP contribution in [0.5, 0.6) is 0 Å². The third kappa shape index (κ3) is 3.62. The van der Waals surface area contributed by atoms with Crippen LogP contribution in [0, 0.1) is 11.6 Å². The van der Waals surface area contributed by atoms with Gasteiger partial charge in [0, 0.05) is 18.2 Å². The number of carbonyl (C=O) groups excluding carboxylic acids is 1. The van der Waals surface area contributed by atoms with Gasteiger partial charge in [0.2, 0.25) is 0 Å². The number of aromatic nitrogens is 2. The van der Waals surface area contributed by atoms with E-state index in [1.807, 2.05) is 11.8 Å². The highest BCUT2D eigenvalue weighted by atomic mass is 19.1. The molecule has 8 nitrogen and oxygen atoms in total. The average molecular weight is 419 g/mol. The molecule has 0 unspecified atom stereocenters. The molecular weight excluding hydrogens is 396 g/mol. The van der Waals surface area contributed by atoms with E-state index in [1.54, 1.807) is 6.92 Å². The first-order valence-electron chi connectivity index (χ1n) is 9.79. The molecule has 30 heavy (non-hydrogen) atoms. The highest BCUT2D eigenvalue weighted by Gasteiger charge is 2.33. The highest BCUT2D eigenvalue weighted by molar-refractivity contribution is 5.71. The number of rotatable bonds is 3. The van der Waals surface area contributed by atoms with Gasteiger partial charge >= 0.3 is 6.09 Å². The van der Waals surface area contributed by atoms with E-state index in [-0.39, 0.29) is 42.8 Å². The molecular formula is C20H23F2N5O3. The maximum absolute atomic E-state index is 14.6. The van der Waals surface area contributed by atoms with Crippen molar-refractivity contribution in [3.8, 4) is 11.4 Å². The lowest BCUT2D eigenvalue weighted by atomic mass is 10.1. The molecule has 0 spiro atoms. The number of nitrogens with two attached hydrogens (primary N) is 1. The molecule has 0 aliphatic carbocycles. The van der Waals surface area contributed by atoms with Crippen LogP contribution < -0.4 is 10.6 Å². The second kappa shape index (κ2) is 8.02. The third-order valence-corrected chi connectivity index (χ3v) is 5.25. The molecule has 10 heteroatoms. The van der Waals surface area contributed by atoms with Crippen molar-refractivity contribution < 1.29 is 23.0 Å². The van der Waals surface area contributed by atoms with Gasteiger partial charge in [0.25, 0.3) is 0 Å². The number of nitrogen functional groups attached to an aromatic ring is 1. The summed E-state index contributed by atoms with van der Waals surface area (Å²) in [6.45, 7) is 6.09. The van der Waals surface area contributed by atoms with Gasteiger partial charge in [0.05, 0.1) is 55.9 Å². The zero-order chi connectivity index (χ0) is 21.4. The average Bonchev–Trinajstić information content (AvgIpc) is 3.15. The summed E-state index contributed by atoms with van der Waals surface area (Å²) in [5.41, 5.74) is 6.46. The van der Waals surface area contributed by atoms with E-state index < -0.39 is 17.7 Å². The Labute approximate surface area is 172 Å². The lowest BCUT2D eigenvalue weighted by Gasteiger charge is -2.35. The Hall–Kier alpha value is -3.01. The second-order valence-electron chi connectivity index (χ2n) is 7.32. The zero-order valence-electron chi connectivity index (χ0n) is 16.8. The molecule has 0 bridgehead atoms. The van der Waals surface area contributed by atoms with Gasteiger partial charge in [0.15, 0.2) is 5.82 Å². The quantitative estimate of drug-likeness (QED) is 0.765. The van der Waals surface area contributed by atoms with E-state index >= 15 is 0 Å². The van der Waals surface area contributed by atoms with E-state index in [2.05, 4.69) is 9.97 Å². The largest absolute Gasteiger partial charge is 0.450 e. The Balaban J connectivity index is 1.81. The van der Waals surface area contributed by atoms with Gasteiger partial charge in [-0.05, 0) is 19.9 Å². The summed E-state index contributed by atoms with van der Waals surface area (Å²) in [6.07, 6.45) is -0.456. The van der Waals surface area contributed by atoms with E-state index in [4.69, 9.17) is 15.2 Å². The predicted molar refractivity (Wildman–Crippen MR) is 106 cm³/mol. The molecule has 160 valence electrons. The van der Waals surface area contributed by atoms with Crippen LogP contribution in [0.15, 0.2) is 12.1 Å². The summed E-state index contributed by atoms with van der Waals surface area (Å²) in [5, 5.41) is 0. The fourth-order valence-electron chi connectivity index (χ4n) is 3.71. The van der Waals surface area contributed by atoms with Crippen LogP contribution in [0.25, 0.3) is 11.4 Å². The summed E-state index contributed by atoms with van der Waals surface area (Å²) < 4.78 is 39.2. The Morgan fingerprint density at radius 1 is 1.30 bits per heavy atom. The van der Waals surface area contributed by atoms with Gasteiger partial charge in [-0.2, -0.15) is 0 Å². The number of nitrogens with zero attached hydrogens (tertiary/aromatic N) is 4. The minimum Gasteiger partial charge on any atom is -0.450 e. The van der Waals surface area contributed by atoms with Crippen molar-refractivity contribution in [2.24, 2.45) is 0 Å². The van der Waals surface area contributed by atoms with E-state index in [1.165, 1.54) is 4.90 Å². The van der Waals surface area contributed by atoms with Crippen molar-refractivity contribution in [2.45, 2.75) is 33.0 Å². The standard InChI is InChI=1S/C20H23F2N5O3/c1-3-30-20(28)26-8-13-17(9-26)24-18(12-6-15(22)16(23)7-14(12)21)25-19(13)27-4-5-29-10-11(27)2/h6-7,11H,3-5,8-10,23H2,1-2H3/t11-/m0/s1. The van der Waals surface area contributed by atoms with Gasteiger partial charge < -0.3 is 20.1 Å². The van der Waals surface area contributed by atoms with Crippen LogP contribution in [0.1, 0.15) is 25.1 Å². The van der Waals surface area contributed by atoms with Crippen LogP contribution in [-0.2, 0) is 22.6 Å². The topological polar surface area (TPSA) is 93.8 Å². The van der Waals surface area contributed by atoms with Gasteiger partial charge in [-0.25, -0.2) is 23.5 Å². The third-order valence-electron chi connectivity index (χ3n) is 5.25. The minimum absolute atomic E-state index is 0.0234. The number of ether oxygens (including phenoxy) is 2. The lowest BCUT2D eigenvalue weighted by Crippen LogP contribution is -2.44. The summed E-state index contributed by atoms with van der Waals surface area (Å²) in [7, 11) is 0. The summed E-state index contributed by atoms with van der Waals surface area (Å²) in [5.74, 6) is -0.821. The maximum atomic E-state index is 14.6. The van der Waals surface area contributed by atoms with Crippen molar-refractivity contribution >= 4 is 17.6 Å². The minimum atomic E-state index is -0.745. The van der Waals surface area contributed by atoms with Crippen molar-refractivity contribution in [1.29, 1.82) is 0 Å². The van der Waals surface area contributed by atoms with E-state index in [9.17, 15) is 13.6 Å². The molecule has 1 saturated heterocycles. The number of anilines is 2. The van der Waals surface area contributed by atoms with Crippen LogP contribution >= 0.6 is 0 Å². The van der Waals surface area contributed by atoms with Gasteiger partial charge in [0.1, 0.15) is 17.5 Å². The lowest BCUT2D eigenvalue weighted by molar-refractivity contribution is 0.0980. The molecule has 2 aliphatic heterocycles. The molecule has 0 radical (unpaired) electrons. The zero-order valence-corrected chi connectivity index (χ0v) is 16.8. The Morgan fingerprint density at radius 2 is 2.10 bits per heavy atom. The molecule has 1 atom stereocenters. The van der Waals surface area contributed by atoms with Gasteiger partial charge in [-0.3, -0.25) is 4.90 Å². The van der Waals surface area contributed by atoms with Crippen molar-refractivity contribution in [1.82, 2.24) is 14.9 Å². The number of hydrogen-bond donors (Lipinski definition) is 1. The number of fused-ring (bicyclic) bond motifs is 1. The van der Waals surface area contributed by atoms with Crippen LogP contribution in [0.4, 0.5) is 25.1 Å². The second-order valence-corrected chi connectivity index (χ2v) is 7.32. The fraction of sp³-hybridized carbons (Fsp3) is 0.450. The van der Waals surface area contributed by atoms with Crippen molar-refractivity contribution in [3.63, 3.8) is 0 Å². The van der Waals surface area contributed by atoms with E-state index in [0.29, 0.717) is 31.3 Å². The SMILES string of the molecule is CCOC(=O)N1Cc2nc(-c3cc(F)c(N)cc3F)nc(N3CCOC[C@@H]3C)c2C1. The molecule has 1 amide bonds. The molecule has 3 heterocycles. The number of benzene rings is 1.